The van der Waals surface area contributed by atoms with Gasteiger partial charge in [0.25, 0.3) is 5.91 Å². The molecule has 0 spiro atoms. The molecule has 0 radical (unpaired) electrons. The van der Waals surface area contributed by atoms with Gasteiger partial charge in [0.1, 0.15) is 23.5 Å². The Kier molecular flexibility index (Phi) is 7.68. The molecule has 0 bridgehead atoms. The highest BCUT2D eigenvalue weighted by Gasteiger charge is 2.20. The molecule has 1 saturated heterocycles. The third-order valence-electron chi connectivity index (χ3n) is 7.14. The lowest BCUT2D eigenvalue weighted by molar-refractivity contribution is 0.102. The van der Waals surface area contributed by atoms with Crippen molar-refractivity contribution in [2.24, 2.45) is 0 Å². The van der Waals surface area contributed by atoms with Crippen molar-refractivity contribution in [2.45, 2.75) is 20.0 Å². The molecule has 12 heteroatoms. The van der Waals surface area contributed by atoms with Crippen LogP contribution in [0.15, 0.2) is 61.2 Å². The Hall–Kier alpha value is -4.26. The first-order valence-electron chi connectivity index (χ1n) is 13.4. The maximum atomic E-state index is 13.6. The van der Waals surface area contributed by atoms with E-state index in [-0.39, 0.29) is 11.7 Å². The zero-order valence-electron chi connectivity index (χ0n) is 22.8. The van der Waals surface area contributed by atoms with Gasteiger partial charge in [-0.15, -0.1) is 11.3 Å². The summed E-state index contributed by atoms with van der Waals surface area (Å²) >= 11 is 1.48. The van der Waals surface area contributed by atoms with Gasteiger partial charge in [0.05, 0.1) is 24.0 Å². The summed E-state index contributed by atoms with van der Waals surface area (Å²) in [6, 6.07) is 12.3. The van der Waals surface area contributed by atoms with Crippen LogP contribution in [0.5, 0.6) is 0 Å². The molecular formula is C29H30FN9OS. The molecule has 4 heterocycles. The molecule has 0 atom stereocenters. The number of fused-ring (bicyclic) bond motifs is 1. The van der Waals surface area contributed by atoms with Crippen molar-refractivity contribution < 1.29 is 9.18 Å². The van der Waals surface area contributed by atoms with Gasteiger partial charge in [-0.1, -0.05) is 12.1 Å². The van der Waals surface area contributed by atoms with Gasteiger partial charge in [-0.2, -0.15) is 5.10 Å². The molecule has 1 aliphatic heterocycles. The first kappa shape index (κ1) is 26.9. The highest BCUT2D eigenvalue weighted by atomic mass is 32.1. The van der Waals surface area contributed by atoms with Crippen molar-refractivity contribution in [2.75, 3.05) is 43.9 Å². The molecule has 210 valence electrons. The SMILES string of the molecule is Cc1ncnc(Nc2ccc3c(cnn3Cc3cccc(F)c3)c2)c1C(=O)Nc1ncc(CN2CCN(C)CC2)s1. The Balaban J connectivity index is 1.16. The zero-order chi connectivity index (χ0) is 28.3. The lowest BCUT2D eigenvalue weighted by atomic mass is 10.2. The number of anilines is 3. The minimum atomic E-state index is -0.324. The van der Waals surface area contributed by atoms with Gasteiger partial charge in [0.2, 0.25) is 0 Å². The minimum Gasteiger partial charge on any atom is -0.339 e. The van der Waals surface area contributed by atoms with Crippen LogP contribution in [0.4, 0.5) is 21.0 Å². The molecule has 2 aromatic carbocycles. The number of carbonyl (C=O) groups is 1. The van der Waals surface area contributed by atoms with Gasteiger partial charge in [0.15, 0.2) is 5.13 Å². The molecule has 0 unspecified atom stereocenters. The molecule has 0 saturated carbocycles. The second kappa shape index (κ2) is 11.7. The van der Waals surface area contributed by atoms with Crippen molar-refractivity contribution in [3.8, 4) is 0 Å². The number of aromatic nitrogens is 5. The van der Waals surface area contributed by atoms with Crippen LogP contribution in [0.2, 0.25) is 0 Å². The highest BCUT2D eigenvalue weighted by molar-refractivity contribution is 7.15. The average Bonchev–Trinajstić information content (AvgIpc) is 3.56. The monoisotopic (exact) mass is 571 g/mol. The predicted octanol–water partition coefficient (Wildman–Crippen LogP) is 4.52. The van der Waals surface area contributed by atoms with E-state index >= 15 is 0 Å². The van der Waals surface area contributed by atoms with Crippen molar-refractivity contribution in [1.29, 1.82) is 0 Å². The first-order valence-corrected chi connectivity index (χ1v) is 14.2. The van der Waals surface area contributed by atoms with Crippen LogP contribution in [0.25, 0.3) is 10.9 Å². The van der Waals surface area contributed by atoms with E-state index in [9.17, 15) is 9.18 Å². The minimum absolute atomic E-state index is 0.272. The molecule has 1 amide bonds. The summed E-state index contributed by atoms with van der Waals surface area (Å²) in [5, 5.41) is 12.1. The smallest absolute Gasteiger partial charge is 0.263 e. The summed E-state index contributed by atoms with van der Waals surface area (Å²) in [4.78, 5) is 32.3. The summed E-state index contributed by atoms with van der Waals surface area (Å²) in [6.45, 7) is 7.20. The van der Waals surface area contributed by atoms with Crippen LogP contribution < -0.4 is 10.6 Å². The molecule has 1 aliphatic rings. The van der Waals surface area contributed by atoms with Crippen LogP contribution in [-0.4, -0.2) is 73.7 Å². The van der Waals surface area contributed by atoms with Crippen molar-refractivity contribution in [1.82, 2.24) is 34.5 Å². The zero-order valence-corrected chi connectivity index (χ0v) is 23.7. The molecule has 6 rings (SSSR count). The van der Waals surface area contributed by atoms with Crippen LogP contribution in [0, 0.1) is 12.7 Å². The van der Waals surface area contributed by atoms with Crippen LogP contribution >= 0.6 is 11.3 Å². The van der Waals surface area contributed by atoms with E-state index in [4.69, 9.17) is 0 Å². The van der Waals surface area contributed by atoms with Gasteiger partial charge in [0, 0.05) is 54.9 Å². The molecular weight excluding hydrogens is 541 g/mol. The number of likely N-dealkylation sites (N-methyl/N-ethyl adjacent to an activating group) is 1. The fraction of sp³-hybridized carbons (Fsp3) is 0.276. The lowest BCUT2D eigenvalue weighted by Gasteiger charge is -2.31. The van der Waals surface area contributed by atoms with Crippen molar-refractivity contribution >= 4 is 44.8 Å². The maximum Gasteiger partial charge on any atom is 0.263 e. The van der Waals surface area contributed by atoms with Crippen LogP contribution in [0.3, 0.4) is 0 Å². The van der Waals surface area contributed by atoms with Crippen molar-refractivity contribution in [3.05, 3.63) is 88.7 Å². The first-order chi connectivity index (χ1) is 19.9. The predicted molar refractivity (Wildman–Crippen MR) is 158 cm³/mol. The van der Waals surface area contributed by atoms with Crippen molar-refractivity contribution in [3.63, 3.8) is 0 Å². The Bertz CT molecular complexity index is 1690. The molecule has 5 aromatic rings. The quantitative estimate of drug-likeness (QED) is 0.280. The highest BCUT2D eigenvalue weighted by Crippen LogP contribution is 2.27. The number of nitrogens with one attached hydrogen (secondary N) is 2. The summed E-state index contributed by atoms with van der Waals surface area (Å²) in [7, 11) is 2.14. The van der Waals surface area contributed by atoms with Crippen LogP contribution in [0.1, 0.15) is 26.5 Å². The second-order valence-corrected chi connectivity index (χ2v) is 11.3. The van der Waals surface area contributed by atoms with E-state index in [0.717, 1.165) is 59.8 Å². The number of rotatable bonds is 8. The van der Waals surface area contributed by atoms with Crippen LogP contribution in [-0.2, 0) is 13.1 Å². The summed E-state index contributed by atoms with van der Waals surface area (Å²) in [5.74, 6) is -0.197. The fourth-order valence-corrected chi connectivity index (χ4v) is 5.75. The molecule has 41 heavy (non-hydrogen) atoms. The van der Waals surface area contributed by atoms with Gasteiger partial charge < -0.3 is 10.2 Å². The normalized spacial score (nSPS) is 14.4. The van der Waals surface area contributed by atoms with Gasteiger partial charge in [-0.3, -0.25) is 19.7 Å². The largest absolute Gasteiger partial charge is 0.339 e. The molecule has 1 fully saturated rings. The Labute approximate surface area is 240 Å². The van der Waals surface area contributed by atoms with E-state index in [1.807, 2.05) is 35.1 Å². The van der Waals surface area contributed by atoms with E-state index < -0.39 is 0 Å². The number of hydrogen-bond donors (Lipinski definition) is 2. The summed E-state index contributed by atoms with van der Waals surface area (Å²) in [6.07, 6.45) is 5.03. The Morgan fingerprint density at radius 1 is 1.02 bits per heavy atom. The number of nitrogens with zero attached hydrogens (tertiary/aromatic N) is 7. The Morgan fingerprint density at radius 2 is 1.88 bits per heavy atom. The number of carbonyl (C=O) groups excluding carboxylic acids is 1. The number of thiazole rings is 1. The molecule has 10 nitrogen and oxygen atoms in total. The van der Waals surface area contributed by atoms with E-state index in [2.05, 4.69) is 47.5 Å². The summed E-state index contributed by atoms with van der Waals surface area (Å²) < 4.78 is 15.5. The maximum absolute atomic E-state index is 13.6. The third-order valence-corrected chi connectivity index (χ3v) is 8.04. The number of amides is 1. The lowest BCUT2D eigenvalue weighted by Crippen LogP contribution is -2.43. The standard InChI is InChI=1S/C29H30FN9OS/c1-19-26(28(40)36-29-31-15-24(41-29)17-38-10-8-37(2)9-11-38)27(33-18-32-19)35-23-6-7-25-21(13-23)14-34-39(25)16-20-4-3-5-22(30)12-20/h3-7,12-15,18H,8-11,16-17H2,1-2H3,(H,31,36,40)(H,32,33,35). The van der Waals surface area contributed by atoms with Gasteiger partial charge in [-0.25, -0.2) is 19.3 Å². The van der Waals surface area contributed by atoms with Gasteiger partial charge >= 0.3 is 0 Å². The van der Waals surface area contributed by atoms with E-state index in [0.29, 0.717) is 28.8 Å². The number of benzene rings is 2. The van der Waals surface area contributed by atoms with E-state index in [1.54, 1.807) is 19.2 Å². The molecule has 2 N–H and O–H groups in total. The fourth-order valence-electron chi connectivity index (χ4n) is 4.90. The topological polar surface area (TPSA) is 104 Å². The average molecular weight is 572 g/mol. The van der Waals surface area contributed by atoms with Gasteiger partial charge in [-0.05, 0) is 49.9 Å². The second-order valence-electron chi connectivity index (χ2n) is 10.2. The summed E-state index contributed by atoms with van der Waals surface area (Å²) in [5.41, 5.74) is 3.39. The molecule has 0 aliphatic carbocycles. The van der Waals surface area contributed by atoms with E-state index in [1.165, 1.54) is 29.8 Å². The number of hydrogen-bond acceptors (Lipinski definition) is 9. The number of piperazine rings is 1. The number of halogens is 1. The molecule has 3 aromatic heterocycles. The third kappa shape index (κ3) is 6.24. The number of aryl methyl sites for hydroxylation is 1. The Morgan fingerprint density at radius 3 is 2.71 bits per heavy atom.